The molecule has 0 aromatic heterocycles. The fourth-order valence-corrected chi connectivity index (χ4v) is 2.77. The van der Waals surface area contributed by atoms with Crippen LogP contribution in [-0.4, -0.2) is 42.3 Å². The lowest BCUT2D eigenvalue weighted by Gasteiger charge is -2.45. The predicted molar refractivity (Wildman–Crippen MR) is 63.9 cm³/mol. The molecule has 15 heavy (non-hydrogen) atoms. The van der Waals surface area contributed by atoms with E-state index < -0.39 is 0 Å². The largest absolute Gasteiger partial charge is 0.376 e. The van der Waals surface area contributed by atoms with Crippen molar-refractivity contribution in [1.29, 1.82) is 0 Å². The van der Waals surface area contributed by atoms with Crippen LogP contribution >= 0.6 is 0 Å². The van der Waals surface area contributed by atoms with Crippen molar-refractivity contribution in [2.45, 2.75) is 58.2 Å². The Balaban J connectivity index is 2.85. The zero-order valence-electron chi connectivity index (χ0n) is 10.6. The molecule has 3 heteroatoms. The Morgan fingerprint density at radius 1 is 1.53 bits per heavy atom. The molecular formula is C12H26N2O. The smallest absolute Gasteiger partial charge is 0.0743 e. The van der Waals surface area contributed by atoms with Crippen LogP contribution in [0.3, 0.4) is 0 Å². The van der Waals surface area contributed by atoms with Crippen molar-refractivity contribution in [2.75, 3.05) is 19.7 Å². The second kappa shape index (κ2) is 5.28. The van der Waals surface area contributed by atoms with E-state index in [1.54, 1.807) is 0 Å². The zero-order valence-corrected chi connectivity index (χ0v) is 10.6. The normalized spacial score (nSPS) is 31.8. The van der Waals surface area contributed by atoms with Crippen LogP contribution in [0.4, 0.5) is 0 Å². The van der Waals surface area contributed by atoms with E-state index >= 15 is 0 Å². The van der Waals surface area contributed by atoms with Gasteiger partial charge in [-0.15, -0.1) is 0 Å². The second-order valence-electron chi connectivity index (χ2n) is 4.86. The molecule has 2 N–H and O–H groups in total. The van der Waals surface area contributed by atoms with Crippen LogP contribution in [0.25, 0.3) is 0 Å². The standard InChI is InChI=1S/C12H26N2O/c1-5-7-14(10(2)3)12(9-13)6-8-15-11(12)4/h10-11H,5-9,13H2,1-4H3. The Bertz CT molecular complexity index is 196. The summed E-state index contributed by atoms with van der Waals surface area (Å²) in [6.07, 6.45) is 2.51. The minimum Gasteiger partial charge on any atom is -0.376 e. The molecule has 3 nitrogen and oxygen atoms in total. The molecule has 2 unspecified atom stereocenters. The first-order valence-corrected chi connectivity index (χ1v) is 6.17. The van der Waals surface area contributed by atoms with Crippen LogP contribution in [-0.2, 0) is 4.74 Å². The monoisotopic (exact) mass is 214 g/mol. The molecule has 2 atom stereocenters. The molecule has 1 aliphatic heterocycles. The third-order valence-electron chi connectivity index (χ3n) is 3.67. The highest BCUT2D eigenvalue weighted by Gasteiger charge is 2.45. The first kappa shape index (κ1) is 12.9. The fourth-order valence-electron chi connectivity index (χ4n) is 2.77. The molecule has 1 fully saturated rings. The van der Waals surface area contributed by atoms with Gasteiger partial charge >= 0.3 is 0 Å². The summed E-state index contributed by atoms with van der Waals surface area (Å²) < 4.78 is 5.72. The molecule has 1 saturated heterocycles. The summed E-state index contributed by atoms with van der Waals surface area (Å²) in [4.78, 5) is 2.53. The van der Waals surface area contributed by atoms with Gasteiger partial charge in [-0.1, -0.05) is 6.92 Å². The SMILES string of the molecule is CCCN(C(C)C)C1(CN)CCOC1C. The topological polar surface area (TPSA) is 38.5 Å². The summed E-state index contributed by atoms with van der Waals surface area (Å²) in [5.74, 6) is 0. The Morgan fingerprint density at radius 3 is 2.53 bits per heavy atom. The highest BCUT2D eigenvalue weighted by Crippen LogP contribution is 2.32. The number of nitrogens with two attached hydrogens (primary N) is 1. The molecule has 90 valence electrons. The molecule has 0 radical (unpaired) electrons. The molecule has 0 aromatic rings. The Hall–Kier alpha value is -0.120. The van der Waals surface area contributed by atoms with Crippen molar-refractivity contribution in [3.8, 4) is 0 Å². The highest BCUT2D eigenvalue weighted by molar-refractivity contribution is 5.01. The van der Waals surface area contributed by atoms with Crippen LogP contribution in [0.15, 0.2) is 0 Å². The number of nitrogens with zero attached hydrogens (tertiary/aromatic N) is 1. The summed E-state index contributed by atoms with van der Waals surface area (Å²) in [5.41, 5.74) is 6.08. The molecule has 0 saturated carbocycles. The molecule has 0 bridgehead atoms. The van der Waals surface area contributed by atoms with Crippen molar-refractivity contribution in [2.24, 2.45) is 5.73 Å². The minimum absolute atomic E-state index is 0.0736. The second-order valence-corrected chi connectivity index (χ2v) is 4.86. The summed E-state index contributed by atoms with van der Waals surface area (Å²) in [7, 11) is 0. The molecule has 1 heterocycles. The molecular weight excluding hydrogens is 188 g/mol. The van der Waals surface area contributed by atoms with Gasteiger partial charge in [0.15, 0.2) is 0 Å². The first-order chi connectivity index (χ1) is 7.08. The van der Waals surface area contributed by atoms with Crippen molar-refractivity contribution in [3.05, 3.63) is 0 Å². The van der Waals surface area contributed by atoms with Crippen molar-refractivity contribution in [3.63, 3.8) is 0 Å². The van der Waals surface area contributed by atoms with E-state index in [0.717, 1.165) is 19.6 Å². The van der Waals surface area contributed by atoms with Crippen LogP contribution in [0.5, 0.6) is 0 Å². The number of ether oxygens (including phenoxy) is 1. The third-order valence-corrected chi connectivity index (χ3v) is 3.67. The summed E-state index contributed by atoms with van der Waals surface area (Å²) >= 11 is 0. The van der Waals surface area contributed by atoms with Crippen molar-refractivity contribution >= 4 is 0 Å². The zero-order chi connectivity index (χ0) is 11.5. The van der Waals surface area contributed by atoms with Crippen LogP contribution in [0.1, 0.15) is 40.5 Å². The summed E-state index contributed by atoms with van der Waals surface area (Å²) in [6, 6.07) is 0.539. The Kier molecular flexibility index (Phi) is 4.56. The van der Waals surface area contributed by atoms with E-state index in [0.29, 0.717) is 12.6 Å². The fraction of sp³-hybridized carbons (Fsp3) is 1.00. The van der Waals surface area contributed by atoms with Crippen LogP contribution in [0.2, 0.25) is 0 Å². The van der Waals surface area contributed by atoms with Gasteiger partial charge in [0, 0.05) is 19.2 Å². The maximum Gasteiger partial charge on any atom is 0.0743 e. The lowest BCUT2D eigenvalue weighted by atomic mass is 9.88. The predicted octanol–water partition coefficient (Wildman–Crippen LogP) is 1.61. The van der Waals surface area contributed by atoms with E-state index in [9.17, 15) is 0 Å². The van der Waals surface area contributed by atoms with E-state index in [4.69, 9.17) is 10.5 Å². The number of rotatable bonds is 5. The maximum atomic E-state index is 6.01. The first-order valence-electron chi connectivity index (χ1n) is 6.17. The highest BCUT2D eigenvalue weighted by atomic mass is 16.5. The maximum absolute atomic E-state index is 6.01. The van der Waals surface area contributed by atoms with E-state index in [1.165, 1.54) is 6.42 Å². The van der Waals surface area contributed by atoms with E-state index in [2.05, 4.69) is 32.6 Å². The lowest BCUT2D eigenvalue weighted by molar-refractivity contribution is -0.00275. The molecule has 0 aliphatic carbocycles. The van der Waals surface area contributed by atoms with E-state index in [1.807, 2.05) is 0 Å². The van der Waals surface area contributed by atoms with Gasteiger partial charge in [0.2, 0.25) is 0 Å². The summed E-state index contributed by atoms with van der Waals surface area (Å²) in [5, 5.41) is 0. The number of hydrogen-bond donors (Lipinski definition) is 1. The quantitative estimate of drug-likeness (QED) is 0.755. The van der Waals surface area contributed by atoms with Gasteiger partial charge in [-0.05, 0) is 40.2 Å². The lowest BCUT2D eigenvalue weighted by Crippen LogP contribution is -2.60. The Labute approximate surface area is 94.0 Å². The van der Waals surface area contributed by atoms with Gasteiger partial charge in [0.05, 0.1) is 11.6 Å². The average Bonchev–Trinajstić information content (AvgIpc) is 2.57. The van der Waals surface area contributed by atoms with Crippen LogP contribution < -0.4 is 5.73 Å². The van der Waals surface area contributed by atoms with Crippen LogP contribution in [0, 0.1) is 0 Å². The van der Waals surface area contributed by atoms with E-state index in [-0.39, 0.29) is 11.6 Å². The van der Waals surface area contributed by atoms with Gasteiger partial charge in [-0.2, -0.15) is 0 Å². The third kappa shape index (κ3) is 2.35. The number of hydrogen-bond acceptors (Lipinski definition) is 3. The van der Waals surface area contributed by atoms with Crippen molar-refractivity contribution in [1.82, 2.24) is 4.90 Å². The molecule has 1 aliphatic rings. The van der Waals surface area contributed by atoms with Gasteiger partial charge in [0.25, 0.3) is 0 Å². The minimum atomic E-state index is 0.0736. The Morgan fingerprint density at radius 2 is 2.20 bits per heavy atom. The van der Waals surface area contributed by atoms with Gasteiger partial charge in [-0.25, -0.2) is 0 Å². The molecule has 1 rings (SSSR count). The van der Waals surface area contributed by atoms with Gasteiger partial charge in [0.1, 0.15) is 0 Å². The van der Waals surface area contributed by atoms with Gasteiger partial charge in [-0.3, -0.25) is 4.90 Å². The van der Waals surface area contributed by atoms with Gasteiger partial charge < -0.3 is 10.5 Å². The molecule has 0 spiro atoms. The average molecular weight is 214 g/mol. The summed E-state index contributed by atoms with van der Waals surface area (Å²) in [6.45, 7) is 11.5. The molecule has 0 aromatic carbocycles. The molecule has 0 amide bonds. The van der Waals surface area contributed by atoms with Crippen molar-refractivity contribution < 1.29 is 4.74 Å².